The SMILES string of the molecule is Cc1ccc(P(=O)(Nc2cc(-c3ccc(Cl)cc3)sc2C(=O)O)OCCc2ccc(F)cc2)c(C)c1. The Morgan fingerprint density at radius 1 is 1.06 bits per heavy atom. The van der Waals surface area contributed by atoms with E-state index in [1.165, 1.54) is 12.1 Å². The molecule has 0 aliphatic heterocycles. The van der Waals surface area contributed by atoms with Gasteiger partial charge in [0.2, 0.25) is 0 Å². The van der Waals surface area contributed by atoms with Crippen molar-refractivity contribution in [1.29, 1.82) is 0 Å². The standard InChI is InChI=1S/C27H24ClFNO4PS/c1-17-3-12-24(18(2)15-17)35(33,34-14-13-19-4-10-22(29)11-5-19)30-23-16-25(36-26(23)27(31)32)20-6-8-21(28)9-7-20/h3-12,15-16H,13-14H2,1-2H3,(H,30,33)(H,31,32). The van der Waals surface area contributed by atoms with Crippen LogP contribution in [0.25, 0.3) is 10.4 Å². The van der Waals surface area contributed by atoms with Gasteiger partial charge >= 0.3 is 13.5 Å². The summed E-state index contributed by atoms with van der Waals surface area (Å²) in [5.74, 6) is -1.47. The van der Waals surface area contributed by atoms with Gasteiger partial charge in [-0.05, 0) is 73.4 Å². The third kappa shape index (κ3) is 6.05. The highest BCUT2D eigenvalue weighted by Crippen LogP contribution is 2.49. The molecular formula is C27H24ClFNO4PS. The van der Waals surface area contributed by atoms with Crippen LogP contribution in [0.4, 0.5) is 10.1 Å². The number of anilines is 1. The number of carboxylic acids is 1. The average Bonchev–Trinajstić information content (AvgIpc) is 3.24. The monoisotopic (exact) mass is 543 g/mol. The Morgan fingerprint density at radius 3 is 2.39 bits per heavy atom. The van der Waals surface area contributed by atoms with Crippen molar-refractivity contribution in [2.45, 2.75) is 20.3 Å². The number of hydrogen-bond donors (Lipinski definition) is 2. The van der Waals surface area contributed by atoms with Gasteiger partial charge in [-0.3, -0.25) is 4.57 Å². The predicted molar refractivity (Wildman–Crippen MR) is 145 cm³/mol. The van der Waals surface area contributed by atoms with E-state index in [0.29, 0.717) is 21.6 Å². The topological polar surface area (TPSA) is 75.6 Å². The van der Waals surface area contributed by atoms with Crippen LogP contribution in [0.15, 0.2) is 72.8 Å². The minimum atomic E-state index is -3.75. The highest BCUT2D eigenvalue weighted by Gasteiger charge is 2.31. The Kier molecular flexibility index (Phi) is 7.96. The zero-order chi connectivity index (χ0) is 25.9. The molecule has 0 radical (unpaired) electrons. The molecule has 0 saturated heterocycles. The molecule has 0 fully saturated rings. The van der Waals surface area contributed by atoms with Crippen LogP contribution < -0.4 is 10.4 Å². The van der Waals surface area contributed by atoms with E-state index < -0.39 is 13.5 Å². The second-order valence-corrected chi connectivity index (χ2v) is 11.9. The number of thiophene rings is 1. The quantitative estimate of drug-likeness (QED) is 0.211. The zero-order valence-electron chi connectivity index (χ0n) is 19.6. The highest BCUT2D eigenvalue weighted by molar-refractivity contribution is 7.68. The smallest absolute Gasteiger partial charge is 0.348 e. The molecule has 0 bridgehead atoms. The van der Waals surface area contributed by atoms with E-state index in [4.69, 9.17) is 16.1 Å². The minimum Gasteiger partial charge on any atom is -0.477 e. The van der Waals surface area contributed by atoms with Gasteiger partial charge in [0, 0.05) is 9.90 Å². The Hall–Kier alpha value is -2.96. The number of benzene rings is 3. The van der Waals surface area contributed by atoms with E-state index in [0.717, 1.165) is 33.6 Å². The first-order valence-corrected chi connectivity index (χ1v) is 13.9. The van der Waals surface area contributed by atoms with Crippen LogP contribution in [0.2, 0.25) is 5.02 Å². The molecule has 1 aromatic heterocycles. The van der Waals surface area contributed by atoms with Crippen molar-refractivity contribution in [3.8, 4) is 10.4 Å². The van der Waals surface area contributed by atoms with Crippen LogP contribution in [-0.2, 0) is 15.5 Å². The Morgan fingerprint density at radius 2 is 1.75 bits per heavy atom. The summed E-state index contributed by atoms with van der Waals surface area (Å²) in [6.45, 7) is 3.86. The molecule has 4 aromatic rings. The Labute approximate surface area is 218 Å². The van der Waals surface area contributed by atoms with Crippen LogP contribution in [-0.4, -0.2) is 17.7 Å². The minimum absolute atomic E-state index is 0.0204. The van der Waals surface area contributed by atoms with Crippen molar-refractivity contribution in [2.24, 2.45) is 0 Å². The van der Waals surface area contributed by atoms with Gasteiger partial charge in [-0.2, -0.15) is 0 Å². The van der Waals surface area contributed by atoms with Crippen LogP contribution in [0.3, 0.4) is 0 Å². The normalized spacial score (nSPS) is 12.8. The van der Waals surface area contributed by atoms with Crippen molar-refractivity contribution in [3.63, 3.8) is 0 Å². The first-order chi connectivity index (χ1) is 17.1. The molecule has 0 aliphatic rings. The predicted octanol–water partition coefficient (Wildman–Crippen LogP) is 7.71. The summed E-state index contributed by atoms with van der Waals surface area (Å²) in [6, 6.07) is 20.2. The first-order valence-electron chi connectivity index (χ1n) is 11.1. The number of nitrogens with one attached hydrogen (secondary N) is 1. The van der Waals surface area contributed by atoms with Crippen LogP contribution >= 0.6 is 30.5 Å². The van der Waals surface area contributed by atoms with E-state index in [9.17, 15) is 18.9 Å². The van der Waals surface area contributed by atoms with Crippen molar-refractivity contribution in [1.82, 2.24) is 0 Å². The van der Waals surface area contributed by atoms with Gasteiger partial charge in [0.1, 0.15) is 10.7 Å². The average molecular weight is 544 g/mol. The lowest BCUT2D eigenvalue weighted by Gasteiger charge is -2.22. The highest BCUT2D eigenvalue weighted by atomic mass is 35.5. The summed E-state index contributed by atoms with van der Waals surface area (Å²) >= 11 is 7.07. The lowest BCUT2D eigenvalue weighted by Crippen LogP contribution is -2.19. The maximum absolute atomic E-state index is 14.3. The van der Waals surface area contributed by atoms with Gasteiger partial charge in [-0.1, -0.05) is 53.6 Å². The second kappa shape index (κ2) is 11.0. The van der Waals surface area contributed by atoms with Gasteiger partial charge in [0.25, 0.3) is 0 Å². The van der Waals surface area contributed by atoms with Gasteiger partial charge in [-0.15, -0.1) is 11.3 Å². The molecule has 3 aromatic carbocycles. The summed E-state index contributed by atoms with van der Waals surface area (Å²) in [7, 11) is -3.75. The van der Waals surface area contributed by atoms with E-state index in [2.05, 4.69) is 5.09 Å². The fourth-order valence-corrected chi connectivity index (χ4v) is 6.91. The van der Waals surface area contributed by atoms with E-state index in [1.807, 2.05) is 26.0 Å². The van der Waals surface area contributed by atoms with E-state index >= 15 is 0 Å². The number of carboxylic acid groups (broad SMARTS) is 1. The first kappa shape index (κ1) is 26.1. The molecule has 1 atom stereocenters. The summed E-state index contributed by atoms with van der Waals surface area (Å²) in [4.78, 5) is 12.8. The number of aromatic carboxylic acids is 1. The summed E-state index contributed by atoms with van der Waals surface area (Å²) < 4.78 is 33.6. The number of hydrogen-bond acceptors (Lipinski definition) is 4. The number of aryl methyl sites for hydroxylation is 2. The maximum atomic E-state index is 14.3. The molecule has 1 heterocycles. The molecule has 36 heavy (non-hydrogen) atoms. The largest absolute Gasteiger partial charge is 0.477 e. The molecule has 186 valence electrons. The van der Waals surface area contributed by atoms with E-state index in [1.54, 1.807) is 48.5 Å². The third-order valence-electron chi connectivity index (χ3n) is 5.57. The van der Waals surface area contributed by atoms with Crippen molar-refractivity contribution in [2.75, 3.05) is 11.7 Å². The molecule has 2 N–H and O–H groups in total. The van der Waals surface area contributed by atoms with Gasteiger partial charge in [0.05, 0.1) is 17.6 Å². The van der Waals surface area contributed by atoms with Crippen LogP contribution in [0, 0.1) is 19.7 Å². The fourth-order valence-electron chi connectivity index (χ4n) is 3.79. The molecule has 0 saturated carbocycles. The molecule has 0 aliphatic carbocycles. The van der Waals surface area contributed by atoms with Crippen molar-refractivity contribution < 1.29 is 23.4 Å². The molecule has 0 amide bonds. The third-order valence-corrected chi connectivity index (χ3v) is 9.21. The number of carbonyl (C=O) groups is 1. The Balaban J connectivity index is 1.68. The summed E-state index contributed by atoms with van der Waals surface area (Å²) in [5.41, 5.74) is 3.59. The summed E-state index contributed by atoms with van der Waals surface area (Å²) in [5, 5.41) is 13.9. The molecular weight excluding hydrogens is 520 g/mol. The molecule has 1 unspecified atom stereocenters. The summed E-state index contributed by atoms with van der Waals surface area (Å²) in [6.07, 6.45) is 0.405. The number of rotatable bonds is 9. The molecule has 0 spiro atoms. The molecule has 5 nitrogen and oxygen atoms in total. The molecule has 4 rings (SSSR count). The van der Waals surface area contributed by atoms with E-state index in [-0.39, 0.29) is 23.0 Å². The lowest BCUT2D eigenvalue weighted by atomic mass is 10.2. The van der Waals surface area contributed by atoms with Gasteiger partial charge in [-0.25, -0.2) is 9.18 Å². The lowest BCUT2D eigenvalue weighted by molar-refractivity contribution is 0.0703. The van der Waals surface area contributed by atoms with Gasteiger partial charge < -0.3 is 14.7 Å². The second-order valence-electron chi connectivity index (χ2n) is 8.33. The van der Waals surface area contributed by atoms with Crippen molar-refractivity contribution >= 4 is 47.4 Å². The molecule has 9 heteroatoms. The maximum Gasteiger partial charge on any atom is 0.348 e. The number of halogens is 2. The van der Waals surface area contributed by atoms with Crippen molar-refractivity contribution in [3.05, 3.63) is 105 Å². The van der Waals surface area contributed by atoms with Crippen LogP contribution in [0.5, 0.6) is 0 Å². The van der Waals surface area contributed by atoms with Crippen LogP contribution in [0.1, 0.15) is 26.4 Å². The fraction of sp³-hybridized carbons (Fsp3) is 0.148. The zero-order valence-corrected chi connectivity index (χ0v) is 22.1. The van der Waals surface area contributed by atoms with Gasteiger partial charge in [0.15, 0.2) is 0 Å². The Bertz CT molecular complexity index is 1440.